The van der Waals surface area contributed by atoms with Gasteiger partial charge in [-0.2, -0.15) is 0 Å². The zero-order chi connectivity index (χ0) is 17.1. The molecule has 2 aliphatic rings. The van der Waals surface area contributed by atoms with E-state index >= 15 is 0 Å². The molecule has 2 aromatic rings. The number of hydrogen-bond donors (Lipinski definition) is 1. The van der Waals surface area contributed by atoms with Crippen LogP contribution in [0.25, 0.3) is 5.57 Å². The molecule has 1 unspecified atom stereocenters. The summed E-state index contributed by atoms with van der Waals surface area (Å²) in [6.45, 7) is 4.22. The third-order valence-electron chi connectivity index (χ3n) is 5.41. The van der Waals surface area contributed by atoms with Crippen molar-refractivity contribution in [3.63, 3.8) is 0 Å². The zero-order valence-electron chi connectivity index (χ0n) is 14.6. The molecule has 4 rings (SSSR count). The molecular weight excluding hydrogens is 308 g/mol. The first-order chi connectivity index (χ1) is 12.3. The summed E-state index contributed by atoms with van der Waals surface area (Å²) in [5.41, 5.74) is 5.50. The van der Waals surface area contributed by atoms with Crippen molar-refractivity contribution < 1.29 is 9.69 Å². The first kappa shape index (κ1) is 16.1. The minimum atomic E-state index is 0.290. The van der Waals surface area contributed by atoms with Crippen LogP contribution in [0.3, 0.4) is 0 Å². The van der Waals surface area contributed by atoms with Crippen molar-refractivity contribution in [1.82, 2.24) is 4.90 Å². The maximum absolute atomic E-state index is 12.7. The molecule has 25 heavy (non-hydrogen) atoms. The van der Waals surface area contributed by atoms with Gasteiger partial charge in [-0.3, -0.25) is 4.79 Å². The van der Waals surface area contributed by atoms with Crippen LogP contribution in [0.1, 0.15) is 23.1 Å². The molecule has 0 bridgehead atoms. The SMILES string of the molecule is O=C(C[NH+]1CCc2ccccc2C1)N1CC=C(c2ccccc2)CC1. The quantitative estimate of drug-likeness (QED) is 0.912. The highest BCUT2D eigenvalue weighted by Gasteiger charge is 2.25. The van der Waals surface area contributed by atoms with E-state index in [9.17, 15) is 4.79 Å². The molecule has 0 radical (unpaired) electrons. The smallest absolute Gasteiger partial charge is 0.278 e. The number of fused-ring (bicyclic) bond motifs is 1. The van der Waals surface area contributed by atoms with Crippen molar-refractivity contribution >= 4 is 11.5 Å². The summed E-state index contributed by atoms with van der Waals surface area (Å²) >= 11 is 0. The molecule has 0 fully saturated rings. The fraction of sp³-hybridized carbons (Fsp3) is 0.318. The van der Waals surface area contributed by atoms with Crippen LogP contribution in [0.15, 0.2) is 60.7 Å². The minimum Gasteiger partial charge on any atom is -0.334 e. The number of amides is 1. The summed E-state index contributed by atoms with van der Waals surface area (Å²) in [7, 11) is 0. The number of quaternary nitrogens is 1. The second kappa shape index (κ2) is 7.24. The van der Waals surface area contributed by atoms with Gasteiger partial charge in [-0.05, 0) is 23.1 Å². The van der Waals surface area contributed by atoms with Crippen LogP contribution in [0.5, 0.6) is 0 Å². The Bertz CT molecular complexity index is 782. The summed E-state index contributed by atoms with van der Waals surface area (Å²) in [6.07, 6.45) is 4.25. The van der Waals surface area contributed by atoms with Crippen molar-refractivity contribution in [3.05, 3.63) is 77.4 Å². The number of rotatable bonds is 3. The Hall–Kier alpha value is -2.39. The first-order valence-electron chi connectivity index (χ1n) is 9.22. The highest BCUT2D eigenvalue weighted by atomic mass is 16.2. The zero-order valence-corrected chi connectivity index (χ0v) is 14.6. The summed E-state index contributed by atoms with van der Waals surface area (Å²) < 4.78 is 0. The fourth-order valence-corrected chi connectivity index (χ4v) is 3.93. The van der Waals surface area contributed by atoms with Gasteiger partial charge in [0.25, 0.3) is 5.91 Å². The maximum Gasteiger partial charge on any atom is 0.278 e. The lowest BCUT2D eigenvalue weighted by Gasteiger charge is -2.30. The molecule has 2 aromatic carbocycles. The Morgan fingerprint density at radius 1 is 0.960 bits per heavy atom. The highest BCUT2D eigenvalue weighted by molar-refractivity contribution is 5.79. The van der Waals surface area contributed by atoms with E-state index in [1.54, 1.807) is 0 Å². The third-order valence-corrected chi connectivity index (χ3v) is 5.41. The lowest BCUT2D eigenvalue weighted by molar-refractivity contribution is -0.908. The number of carbonyl (C=O) groups excluding carboxylic acids is 1. The van der Waals surface area contributed by atoms with Crippen molar-refractivity contribution in [2.45, 2.75) is 19.4 Å². The molecule has 0 saturated heterocycles. The Morgan fingerprint density at radius 3 is 2.48 bits per heavy atom. The Morgan fingerprint density at radius 2 is 1.72 bits per heavy atom. The van der Waals surface area contributed by atoms with E-state index in [0.29, 0.717) is 6.54 Å². The average Bonchev–Trinajstić information content (AvgIpc) is 2.69. The minimum absolute atomic E-state index is 0.290. The second-order valence-corrected chi connectivity index (χ2v) is 7.06. The summed E-state index contributed by atoms with van der Waals surface area (Å²) in [6, 6.07) is 19.1. The molecule has 0 aromatic heterocycles. The van der Waals surface area contributed by atoms with Crippen LogP contribution in [0.4, 0.5) is 0 Å². The van der Waals surface area contributed by atoms with Gasteiger partial charge in [0.05, 0.1) is 6.54 Å². The highest BCUT2D eigenvalue weighted by Crippen LogP contribution is 2.21. The van der Waals surface area contributed by atoms with Crippen molar-refractivity contribution in [3.8, 4) is 0 Å². The maximum atomic E-state index is 12.7. The Labute approximate surface area is 149 Å². The monoisotopic (exact) mass is 333 g/mol. The Kier molecular flexibility index (Phi) is 4.66. The van der Waals surface area contributed by atoms with E-state index < -0.39 is 0 Å². The molecule has 2 aliphatic heterocycles. The van der Waals surface area contributed by atoms with Gasteiger partial charge in [0.2, 0.25) is 0 Å². The van der Waals surface area contributed by atoms with E-state index in [-0.39, 0.29) is 5.91 Å². The molecule has 0 aliphatic carbocycles. The number of nitrogens with zero attached hydrogens (tertiary/aromatic N) is 1. The van der Waals surface area contributed by atoms with Crippen LogP contribution in [-0.4, -0.2) is 37.0 Å². The van der Waals surface area contributed by atoms with E-state index in [1.807, 2.05) is 11.0 Å². The number of benzene rings is 2. The predicted molar refractivity (Wildman–Crippen MR) is 100 cm³/mol. The van der Waals surface area contributed by atoms with Crippen LogP contribution in [-0.2, 0) is 17.8 Å². The van der Waals surface area contributed by atoms with Crippen molar-refractivity contribution in [1.29, 1.82) is 0 Å². The normalized spacial score (nSPS) is 19.9. The van der Waals surface area contributed by atoms with Gasteiger partial charge in [0.1, 0.15) is 6.54 Å². The largest absolute Gasteiger partial charge is 0.334 e. The van der Waals surface area contributed by atoms with Crippen molar-refractivity contribution in [2.75, 3.05) is 26.2 Å². The van der Waals surface area contributed by atoms with Crippen molar-refractivity contribution in [2.24, 2.45) is 0 Å². The summed E-state index contributed by atoms with van der Waals surface area (Å²) in [4.78, 5) is 16.1. The molecule has 0 spiro atoms. The lowest BCUT2D eigenvalue weighted by Crippen LogP contribution is -3.12. The molecular formula is C22H25N2O+. The number of carbonyl (C=O) groups is 1. The van der Waals surface area contributed by atoms with E-state index in [2.05, 4.69) is 54.6 Å². The van der Waals surface area contributed by atoms with Gasteiger partial charge < -0.3 is 9.80 Å². The third kappa shape index (κ3) is 3.67. The molecule has 3 heteroatoms. The summed E-state index contributed by atoms with van der Waals surface area (Å²) in [5, 5.41) is 0. The molecule has 2 heterocycles. The van der Waals surface area contributed by atoms with E-state index in [0.717, 1.165) is 39.0 Å². The van der Waals surface area contributed by atoms with Crippen LogP contribution in [0.2, 0.25) is 0 Å². The number of hydrogen-bond acceptors (Lipinski definition) is 1. The predicted octanol–water partition coefficient (Wildman–Crippen LogP) is 1.94. The average molecular weight is 333 g/mol. The lowest BCUT2D eigenvalue weighted by atomic mass is 9.99. The fourth-order valence-electron chi connectivity index (χ4n) is 3.93. The van der Waals surface area contributed by atoms with Crippen LogP contribution in [0, 0.1) is 0 Å². The summed E-state index contributed by atoms with van der Waals surface area (Å²) in [5.74, 6) is 0.290. The second-order valence-electron chi connectivity index (χ2n) is 7.06. The molecule has 128 valence electrons. The first-order valence-corrected chi connectivity index (χ1v) is 9.22. The molecule has 1 amide bonds. The molecule has 1 atom stereocenters. The molecule has 0 saturated carbocycles. The topological polar surface area (TPSA) is 24.8 Å². The molecule has 3 nitrogen and oxygen atoms in total. The van der Waals surface area contributed by atoms with Crippen LogP contribution >= 0.6 is 0 Å². The van der Waals surface area contributed by atoms with Gasteiger partial charge in [-0.25, -0.2) is 0 Å². The van der Waals surface area contributed by atoms with Gasteiger partial charge >= 0.3 is 0 Å². The van der Waals surface area contributed by atoms with Gasteiger partial charge in [-0.1, -0.05) is 60.7 Å². The Balaban J connectivity index is 1.35. The van der Waals surface area contributed by atoms with Gasteiger partial charge in [-0.15, -0.1) is 0 Å². The van der Waals surface area contributed by atoms with E-state index in [1.165, 1.54) is 27.2 Å². The standard InChI is InChI=1S/C22H24N2O/c25-22(17-23-13-10-19-8-4-5-9-21(19)16-23)24-14-11-20(12-15-24)18-6-2-1-3-7-18/h1-9,11H,10,12-17H2/p+1. The van der Waals surface area contributed by atoms with Gasteiger partial charge in [0, 0.05) is 25.1 Å². The molecule has 1 N–H and O–H groups in total. The number of nitrogens with one attached hydrogen (secondary N) is 1. The van der Waals surface area contributed by atoms with Crippen LogP contribution < -0.4 is 4.90 Å². The van der Waals surface area contributed by atoms with E-state index in [4.69, 9.17) is 0 Å². The van der Waals surface area contributed by atoms with Gasteiger partial charge in [0.15, 0.2) is 6.54 Å².